The summed E-state index contributed by atoms with van der Waals surface area (Å²) in [5, 5.41) is 13.8. The SMILES string of the molecule is CN1CCN(NC(=O)NC2COCC2(C)C(=O)O)CC1. The van der Waals surface area contributed by atoms with Gasteiger partial charge >= 0.3 is 12.0 Å². The Bertz CT molecular complexity index is 384. The highest BCUT2D eigenvalue weighted by Crippen LogP contribution is 2.28. The molecule has 2 amide bonds. The molecule has 0 saturated carbocycles. The first-order valence-corrected chi connectivity index (χ1v) is 6.73. The van der Waals surface area contributed by atoms with E-state index in [9.17, 15) is 14.7 Å². The number of hydrogen-bond acceptors (Lipinski definition) is 5. The van der Waals surface area contributed by atoms with Gasteiger partial charge in [-0.25, -0.2) is 9.80 Å². The second kappa shape index (κ2) is 5.94. The number of ether oxygens (including phenoxy) is 1. The monoisotopic (exact) mass is 286 g/mol. The maximum absolute atomic E-state index is 11.9. The molecule has 0 radical (unpaired) electrons. The van der Waals surface area contributed by atoms with Crippen LogP contribution in [0.4, 0.5) is 4.79 Å². The molecule has 0 aromatic rings. The number of amides is 2. The zero-order valence-electron chi connectivity index (χ0n) is 11.9. The first kappa shape index (κ1) is 15.0. The molecule has 0 bridgehead atoms. The zero-order valence-corrected chi connectivity index (χ0v) is 11.9. The van der Waals surface area contributed by atoms with E-state index < -0.39 is 17.4 Å². The summed E-state index contributed by atoms with van der Waals surface area (Å²) in [6.45, 7) is 5.20. The second-order valence-corrected chi connectivity index (χ2v) is 5.67. The van der Waals surface area contributed by atoms with Gasteiger partial charge in [-0.15, -0.1) is 0 Å². The molecule has 3 N–H and O–H groups in total. The van der Waals surface area contributed by atoms with E-state index in [2.05, 4.69) is 15.6 Å². The van der Waals surface area contributed by atoms with E-state index in [1.165, 1.54) is 0 Å². The lowest BCUT2D eigenvalue weighted by atomic mass is 9.85. The largest absolute Gasteiger partial charge is 0.481 e. The number of likely N-dealkylation sites (N-methyl/N-ethyl adjacent to an activating group) is 1. The van der Waals surface area contributed by atoms with Crippen LogP contribution in [0.1, 0.15) is 6.92 Å². The van der Waals surface area contributed by atoms with E-state index in [-0.39, 0.29) is 19.2 Å². The van der Waals surface area contributed by atoms with Crippen LogP contribution in [0.2, 0.25) is 0 Å². The van der Waals surface area contributed by atoms with Crippen LogP contribution in [0.5, 0.6) is 0 Å². The third kappa shape index (κ3) is 3.20. The quantitative estimate of drug-likeness (QED) is 0.612. The van der Waals surface area contributed by atoms with Gasteiger partial charge in [0.25, 0.3) is 0 Å². The maximum atomic E-state index is 11.9. The molecule has 114 valence electrons. The van der Waals surface area contributed by atoms with Crippen LogP contribution in [-0.2, 0) is 9.53 Å². The molecule has 0 spiro atoms. The van der Waals surface area contributed by atoms with Crippen LogP contribution in [0.15, 0.2) is 0 Å². The predicted molar refractivity (Wildman–Crippen MR) is 71.1 cm³/mol. The standard InChI is InChI=1S/C12H22N4O4/c1-12(10(17)18)8-20-7-9(12)13-11(19)14-16-5-3-15(2)4-6-16/h9H,3-8H2,1-2H3,(H,17,18)(H2,13,14,19). The van der Waals surface area contributed by atoms with Crippen molar-refractivity contribution in [2.24, 2.45) is 5.41 Å². The van der Waals surface area contributed by atoms with Crippen molar-refractivity contribution >= 4 is 12.0 Å². The minimum absolute atomic E-state index is 0.113. The molecule has 0 aromatic heterocycles. The van der Waals surface area contributed by atoms with Crippen molar-refractivity contribution in [1.82, 2.24) is 20.7 Å². The van der Waals surface area contributed by atoms with Gasteiger partial charge in [-0.1, -0.05) is 0 Å². The highest BCUT2D eigenvalue weighted by Gasteiger charge is 2.47. The van der Waals surface area contributed by atoms with Crippen molar-refractivity contribution in [2.75, 3.05) is 46.4 Å². The summed E-state index contributed by atoms with van der Waals surface area (Å²) in [5.41, 5.74) is 1.68. The maximum Gasteiger partial charge on any atom is 0.329 e. The van der Waals surface area contributed by atoms with Gasteiger partial charge in [0.1, 0.15) is 5.41 Å². The molecule has 2 heterocycles. The highest BCUT2D eigenvalue weighted by molar-refractivity contribution is 5.79. The van der Waals surface area contributed by atoms with Gasteiger partial charge in [0.05, 0.1) is 19.3 Å². The van der Waals surface area contributed by atoms with Crippen molar-refractivity contribution < 1.29 is 19.4 Å². The fourth-order valence-corrected chi connectivity index (χ4v) is 2.34. The van der Waals surface area contributed by atoms with Crippen LogP contribution < -0.4 is 10.7 Å². The molecule has 2 aliphatic rings. The molecular weight excluding hydrogens is 264 g/mol. The number of nitrogens with one attached hydrogen (secondary N) is 2. The summed E-state index contributed by atoms with van der Waals surface area (Å²) < 4.78 is 5.20. The fraction of sp³-hybridized carbons (Fsp3) is 0.833. The lowest BCUT2D eigenvalue weighted by Crippen LogP contribution is -2.58. The number of hydrazine groups is 1. The van der Waals surface area contributed by atoms with E-state index in [1.807, 2.05) is 12.1 Å². The van der Waals surface area contributed by atoms with Crippen molar-refractivity contribution in [3.8, 4) is 0 Å². The van der Waals surface area contributed by atoms with Gasteiger partial charge in [0, 0.05) is 26.2 Å². The molecular formula is C12H22N4O4. The number of aliphatic carboxylic acids is 1. The zero-order chi connectivity index (χ0) is 14.8. The summed E-state index contributed by atoms with van der Waals surface area (Å²) in [4.78, 5) is 25.4. The van der Waals surface area contributed by atoms with Crippen LogP contribution >= 0.6 is 0 Å². The number of hydrogen-bond donors (Lipinski definition) is 3. The van der Waals surface area contributed by atoms with E-state index in [1.54, 1.807) is 6.92 Å². The van der Waals surface area contributed by atoms with Crippen LogP contribution in [-0.4, -0.2) is 79.5 Å². The third-order valence-electron chi connectivity index (χ3n) is 4.01. The van der Waals surface area contributed by atoms with Crippen LogP contribution in [0.25, 0.3) is 0 Å². The molecule has 2 rings (SSSR count). The summed E-state index contributed by atoms with van der Waals surface area (Å²) in [6, 6.07) is -0.898. The highest BCUT2D eigenvalue weighted by atomic mass is 16.5. The summed E-state index contributed by atoms with van der Waals surface area (Å²) in [7, 11) is 2.03. The summed E-state index contributed by atoms with van der Waals surface area (Å²) >= 11 is 0. The van der Waals surface area contributed by atoms with Gasteiger partial charge in [-0.3, -0.25) is 10.2 Å². The number of carbonyl (C=O) groups is 2. The van der Waals surface area contributed by atoms with Gasteiger partial charge in [-0.05, 0) is 14.0 Å². The van der Waals surface area contributed by atoms with E-state index >= 15 is 0 Å². The van der Waals surface area contributed by atoms with Gasteiger partial charge < -0.3 is 20.1 Å². The van der Waals surface area contributed by atoms with Gasteiger partial charge in [0.2, 0.25) is 0 Å². The van der Waals surface area contributed by atoms with Crippen molar-refractivity contribution in [3.05, 3.63) is 0 Å². The number of rotatable bonds is 3. The van der Waals surface area contributed by atoms with Crippen LogP contribution in [0.3, 0.4) is 0 Å². The minimum Gasteiger partial charge on any atom is -0.481 e. The van der Waals surface area contributed by atoms with E-state index in [4.69, 9.17) is 4.74 Å². The summed E-state index contributed by atoms with van der Waals surface area (Å²) in [5.74, 6) is -0.958. The summed E-state index contributed by atoms with van der Waals surface area (Å²) in [6.07, 6.45) is 0. The first-order valence-electron chi connectivity index (χ1n) is 6.73. The molecule has 0 aromatic carbocycles. The molecule has 0 aliphatic carbocycles. The first-order chi connectivity index (χ1) is 9.41. The average Bonchev–Trinajstić information content (AvgIpc) is 2.75. The predicted octanol–water partition coefficient (Wildman–Crippen LogP) is -1.06. The number of carboxylic acid groups (broad SMARTS) is 1. The number of piperazine rings is 1. The molecule has 2 aliphatic heterocycles. The Morgan fingerprint density at radius 2 is 1.95 bits per heavy atom. The van der Waals surface area contributed by atoms with Crippen molar-refractivity contribution in [3.63, 3.8) is 0 Å². The Hall–Kier alpha value is -1.38. The number of urea groups is 1. The Labute approximate surface area is 118 Å². The van der Waals surface area contributed by atoms with E-state index in [0.29, 0.717) is 0 Å². The van der Waals surface area contributed by atoms with Gasteiger partial charge in [0.15, 0.2) is 0 Å². The lowest BCUT2D eigenvalue weighted by Gasteiger charge is -2.33. The molecule has 2 atom stereocenters. The third-order valence-corrected chi connectivity index (χ3v) is 4.01. The van der Waals surface area contributed by atoms with Gasteiger partial charge in [-0.2, -0.15) is 0 Å². The average molecular weight is 286 g/mol. The second-order valence-electron chi connectivity index (χ2n) is 5.67. The molecule has 2 saturated heterocycles. The lowest BCUT2D eigenvalue weighted by molar-refractivity contribution is -0.148. The molecule has 20 heavy (non-hydrogen) atoms. The van der Waals surface area contributed by atoms with Crippen molar-refractivity contribution in [2.45, 2.75) is 13.0 Å². The van der Waals surface area contributed by atoms with E-state index in [0.717, 1.165) is 26.2 Å². The number of carbonyl (C=O) groups excluding carboxylic acids is 1. The molecule has 8 nitrogen and oxygen atoms in total. The minimum atomic E-state index is -1.07. The topological polar surface area (TPSA) is 94.1 Å². The van der Waals surface area contributed by atoms with Crippen molar-refractivity contribution in [1.29, 1.82) is 0 Å². The Morgan fingerprint density at radius 1 is 1.30 bits per heavy atom. The Kier molecular flexibility index (Phi) is 4.46. The number of nitrogens with zero attached hydrogens (tertiary/aromatic N) is 2. The Balaban J connectivity index is 1.84. The normalized spacial score (nSPS) is 32.0. The smallest absolute Gasteiger partial charge is 0.329 e. The molecule has 8 heteroatoms. The molecule has 2 fully saturated rings. The Morgan fingerprint density at radius 3 is 2.55 bits per heavy atom. The fourth-order valence-electron chi connectivity index (χ4n) is 2.34. The number of carboxylic acids is 1. The molecule has 2 unspecified atom stereocenters. The van der Waals surface area contributed by atoms with Crippen LogP contribution in [0, 0.1) is 5.41 Å².